The van der Waals surface area contributed by atoms with Gasteiger partial charge in [-0.25, -0.2) is 14.6 Å². The molecule has 0 aliphatic heterocycles. The fourth-order valence-corrected chi connectivity index (χ4v) is 1.85. The molecule has 7 nitrogen and oxygen atoms in total. The maximum absolute atomic E-state index is 11.8. The summed E-state index contributed by atoms with van der Waals surface area (Å²) in [5.41, 5.74) is 6.47. The first-order valence-corrected chi connectivity index (χ1v) is 6.55. The standard InChI is InChI=1S/C13H18N6O/c1-2-3-10(14)6-13(20)18-11-4-5-12(16-7-11)19-9-15-8-17-19/h4-5,7-10H,2-3,6,14H2,1H3,(H,18,20). The molecule has 106 valence electrons. The van der Waals surface area contributed by atoms with Gasteiger partial charge in [0.2, 0.25) is 5.91 Å². The highest BCUT2D eigenvalue weighted by Gasteiger charge is 2.09. The Morgan fingerprint density at radius 3 is 2.95 bits per heavy atom. The summed E-state index contributed by atoms with van der Waals surface area (Å²) in [7, 11) is 0. The Morgan fingerprint density at radius 1 is 1.50 bits per heavy atom. The predicted molar refractivity (Wildman–Crippen MR) is 75.3 cm³/mol. The van der Waals surface area contributed by atoms with Crippen LogP contribution in [-0.4, -0.2) is 31.7 Å². The van der Waals surface area contributed by atoms with Gasteiger partial charge >= 0.3 is 0 Å². The van der Waals surface area contributed by atoms with Crippen LogP contribution in [0, 0.1) is 0 Å². The minimum Gasteiger partial charge on any atom is -0.327 e. The van der Waals surface area contributed by atoms with Gasteiger partial charge < -0.3 is 11.1 Å². The first-order valence-electron chi connectivity index (χ1n) is 6.55. The highest BCUT2D eigenvalue weighted by atomic mass is 16.1. The van der Waals surface area contributed by atoms with Crippen molar-refractivity contribution >= 4 is 11.6 Å². The van der Waals surface area contributed by atoms with E-state index in [-0.39, 0.29) is 11.9 Å². The molecule has 0 saturated carbocycles. The molecule has 3 N–H and O–H groups in total. The third-order valence-corrected chi connectivity index (χ3v) is 2.79. The van der Waals surface area contributed by atoms with Gasteiger partial charge in [-0.2, -0.15) is 5.10 Å². The summed E-state index contributed by atoms with van der Waals surface area (Å²) < 4.78 is 1.54. The number of hydrogen-bond acceptors (Lipinski definition) is 5. The molecule has 1 amide bonds. The van der Waals surface area contributed by atoms with E-state index in [2.05, 4.69) is 20.4 Å². The fourth-order valence-electron chi connectivity index (χ4n) is 1.85. The first kappa shape index (κ1) is 14.1. The number of nitrogens with zero attached hydrogens (tertiary/aromatic N) is 4. The molecule has 0 spiro atoms. The van der Waals surface area contributed by atoms with Gasteiger partial charge in [0.05, 0.1) is 11.9 Å². The summed E-state index contributed by atoms with van der Waals surface area (Å²) in [5.74, 6) is 0.546. The third-order valence-electron chi connectivity index (χ3n) is 2.79. The molecular formula is C13H18N6O. The van der Waals surface area contributed by atoms with E-state index in [0.29, 0.717) is 17.9 Å². The number of carbonyl (C=O) groups is 1. The molecule has 0 saturated heterocycles. The smallest absolute Gasteiger partial charge is 0.225 e. The maximum Gasteiger partial charge on any atom is 0.225 e. The highest BCUT2D eigenvalue weighted by Crippen LogP contribution is 2.09. The number of hydrogen-bond donors (Lipinski definition) is 2. The number of pyridine rings is 1. The minimum absolute atomic E-state index is 0.0950. The molecule has 1 unspecified atom stereocenters. The zero-order valence-corrected chi connectivity index (χ0v) is 11.4. The molecule has 7 heteroatoms. The molecule has 2 aromatic heterocycles. The molecule has 2 heterocycles. The number of carbonyl (C=O) groups excluding carboxylic acids is 1. The zero-order valence-electron chi connectivity index (χ0n) is 11.4. The van der Waals surface area contributed by atoms with Gasteiger partial charge in [-0.1, -0.05) is 13.3 Å². The number of rotatable bonds is 6. The Bertz CT molecular complexity index is 536. The van der Waals surface area contributed by atoms with Crippen molar-refractivity contribution in [2.75, 3.05) is 5.32 Å². The predicted octanol–water partition coefficient (Wildman–Crippen LogP) is 1.12. The van der Waals surface area contributed by atoms with Crippen molar-refractivity contribution in [3.63, 3.8) is 0 Å². The van der Waals surface area contributed by atoms with Crippen LogP contribution in [0.5, 0.6) is 0 Å². The number of nitrogens with one attached hydrogen (secondary N) is 1. The van der Waals surface area contributed by atoms with Crippen LogP contribution >= 0.6 is 0 Å². The topological polar surface area (TPSA) is 98.7 Å². The lowest BCUT2D eigenvalue weighted by Crippen LogP contribution is -2.26. The van der Waals surface area contributed by atoms with Crippen molar-refractivity contribution in [1.29, 1.82) is 0 Å². The molecule has 0 aromatic carbocycles. The molecule has 20 heavy (non-hydrogen) atoms. The third kappa shape index (κ3) is 3.86. The van der Waals surface area contributed by atoms with E-state index in [0.717, 1.165) is 12.8 Å². The van der Waals surface area contributed by atoms with Crippen molar-refractivity contribution in [1.82, 2.24) is 19.7 Å². The average Bonchev–Trinajstić information content (AvgIpc) is 2.93. The molecular weight excluding hydrogens is 256 g/mol. The van der Waals surface area contributed by atoms with Gasteiger partial charge in [0.15, 0.2) is 5.82 Å². The summed E-state index contributed by atoms with van der Waals surface area (Å²) in [6.45, 7) is 2.05. The van der Waals surface area contributed by atoms with E-state index in [1.165, 1.54) is 6.33 Å². The highest BCUT2D eigenvalue weighted by molar-refractivity contribution is 5.90. The molecule has 1 atom stereocenters. The summed E-state index contributed by atoms with van der Waals surface area (Å²) in [6.07, 6.45) is 6.72. The van der Waals surface area contributed by atoms with E-state index >= 15 is 0 Å². The Balaban J connectivity index is 1.92. The quantitative estimate of drug-likeness (QED) is 0.822. The molecule has 0 radical (unpaired) electrons. The summed E-state index contributed by atoms with van der Waals surface area (Å²) in [4.78, 5) is 19.8. The van der Waals surface area contributed by atoms with Gasteiger partial charge in [0, 0.05) is 12.5 Å². The Morgan fingerprint density at radius 2 is 2.35 bits per heavy atom. The van der Waals surface area contributed by atoms with Crippen LogP contribution in [-0.2, 0) is 4.79 Å². The second-order valence-electron chi connectivity index (χ2n) is 4.55. The van der Waals surface area contributed by atoms with Gasteiger partial charge in [-0.15, -0.1) is 0 Å². The molecule has 0 fully saturated rings. The Hall–Kier alpha value is -2.28. The van der Waals surface area contributed by atoms with E-state index < -0.39 is 0 Å². The second kappa shape index (κ2) is 6.76. The van der Waals surface area contributed by atoms with Gasteiger partial charge in [0.1, 0.15) is 12.7 Å². The van der Waals surface area contributed by atoms with Crippen LogP contribution < -0.4 is 11.1 Å². The molecule has 0 aliphatic rings. The van der Waals surface area contributed by atoms with Crippen molar-refractivity contribution in [2.24, 2.45) is 5.73 Å². The summed E-state index contributed by atoms with van der Waals surface area (Å²) in [6, 6.07) is 3.44. The lowest BCUT2D eigenvalue weighted by Gasteiger charge is -2.10. The SMILES string of the molecule is CCCC(N)CC(=O)Nc1ccc(-n2cncn2)nc1. The summed E-state index contributed by atoms with van der Waals surface area (Å²) >= 11 is 0. The monoisotopic (exact) mass is 274 g/mol. The van der Waals surface area contributed by atoms with Crippen molar-refractivity contribution in [3.8, 4) is 5.82 Å². The number of aromatic nitrogens is 4. The first-order chi connectivity index (χ1) is 9.69. The van der Waals surface area contributed by atoms with Gasteiger partial charge in [-0.05, 0) is 18.6 Å². The molecule has 0 bridgehead atoms. The lowest BCUT2D eigenvalue weighted by atomic mass is 10.1. The number of nitrogens with two attached hydrogens (primary N) is 1. The van der Waals surface area contributed by atoms with E-state index in [9.17, 15) is 4.79 Å². The molecule has 0 aliphatic carbocycles. The Labute approximate surface area is 117 Å². The van der Waals surface area contributed by atoms with Crippen LogP contribution in [0.2, 0.25) is 0 Å². The number of amides is 1. The van der Waals surface area contributed by atoms with Gasteiger partial charge in [0.25, 0.3) is 0 Å². The fraction of sp³-hybridized carbons (Fsp3) is 0.385. The summed E-state index contributed by atoms with van der Waals surface area (Å²) in [5, 5.41) is 6.75. The normalized spacial score (nSPS) is 12.1. The Kier molecular flexibility index (Phi) is 4.78. The molecule has 2 rings (SSSR count). The van der Waals surface area contributed by atoms with Crippen LogP contribution in [0.15, 0.2) is 31.0 Å². The molecule has 2 aromatic rings. The van der Waals surface area contributed by atoms with E-state index in [4.69, 9.17) is 5.73 Å². The van der Waals surface area contributed by atoms with Crippen molar-refractivity contribution in [3.05, 3.63) is 31.0 Å². The second-order valence-corrected chi connectivity index (χ2v) is 4.55. The van der Waals surface area contributed by atoms with Crippen LogP contribution in [0.1, 0.15) is 26.2 Å². The van der Waals surface area contributed by atoms with Crippen molar-refractivity contribution in [2.45, 2.75) is 32.2 Å². The van der Waals surface area contributed by atoms with Crippen LogP contribution in [0.3, 0.4) is 0 Å². The largest absolute Gasteiger partial charge is 0.327 e. The minimum atomic E-state index is -0.0961. The number of anilines is 1. The van der Waals surface area contributed by atoms with Crippen LogP contribution in [0.25, 0.3) is 5.82 Å². The van der Waals surface area contributed by atoms with Crippen LogP contribution in [0.4, 0.5) is 5.69 Å². The zero-order chi connectivity index (χ0) is 14.4. The van der Waals surface area contributed by atoms with E-state index in [1.807, 2.05) is 6.92 Å². The van der Waals surface area contributed by atoms with Crippen molar-refractivity contribution < 1.29 is 4.79 Å². The van der Waals surface area contributed by atoms with E-state index in [1.54, 1.807) is 29.3 Å². The van der Waals surface area contributed by atoms with Gasteiger partial charge in [-0.3, -0.25) is 4.79 Å². The maximum atomic E-state index is 11.8. The average molecular weight is 274 g/mol. The lowest BCUT2D eigenvalue weighted by molar-refractivity contribution is -0.116.